The molecule has 1 N–H and O–H groups in total. The maximum Gasteiger partial charge on any atom is 0.445 e. The minimum absolute atomic E-state index is 0.468. The molecular weight excluding hydrogens is 146 g/mol. The summed E-state index contributed by atoms with van der Waals surface area (Å²) < 4.78 is 23.7. The number of hydrogen-bond acceptors (Lipinski definition) is 1. The number of carboxylic acid groups (broad SMARTS) is 1. The van der Waals surface area contributed by atoms with Gasteiger partial charge in [-0.3, -0.25) is 8.22 Å². The van der Waals surface area contributed by atoms with Gasteiger partial charge in [-0.05, 0) is 12.2 Å². The second kappa shape index (κ2) is 2.72. The van der Waals surface area contributed by atoms with Crippen molar-refractivity contribution in [3.05, 3.63) is 11.8 Å². The Kier molecular flexibility index (Phi) is 2.51. The lowest BCUT2D eigenvalue weighted by molar-refractivity contribution is -0.131. The molecule has 0 aliphatic heterocycles. The largest absolute Gasteiger partial charge is 0.478 e. The molecule has 0 saturated carbocycles. The summed E-state index contributed by atoms with van der Waals surface area (Å²) in [4.78, 5) is 9.65. The molecule has 52 valence electrons. The Morgan fingerprint density at radius 1 is 1.67 bits per heavy atom. The summed E-state index contributed by atoms with van der Waals surface area (Å²) in [7, 11) is -4.28. The Bertz CT molecular complexity index is 138. The van der Waals surface area contributed by atoms with E-state index in [0.29, 0.717) is 11.8 Å². The van der Waals surface area contributed by atoms with E-state index in [4.69, 9.17) is 5.11 Å². The lowest BCUT2D eigenvalue weighted by Gasteiger charge is -1.94. The third-order valence-electron chi connectivity index (χ3n) is 0.519. The van der Waals surface area contributed by atoms with Crippen LogP contribution in [0.5, 0.6) is 0 Å². The molecule has 0 spiro atoms. The van der Waals surface area contributed by atoms with Crippen molar-refractivity contribution in [2.24, 2.45) is 0 Å². The zero-order valence-corrected chi connectivity index (χ0v) is 5.77. The van der Waals surface area contributed by atoms with Crippen LogP contribution in [-0.2, 0) is 4.79 Å². The molecule has 0 aliphatic carbocycles. The second-order valence-electron chi connectivity index (χ2n) is 1.63. The zero-order chi connectivity index (χ0) is 7.49. The highest BCUT2D eigenvalue weighted by Gasteiger charge is 2.23. The van der Waals surface area contributed by atoms with Gasteiger partial charge in [-0.2, -0.15) is 0 Å². The molecule has 2 nitrogen and oxygen atoms in total. The summed E-state index contributed by atoms with van der Waals surface area (Å²) >= 11 is 0. The van der Waals surface area contributed by atoms with Crippen LogP contribution in [0.2, 0.25) is 6.55 Å². The van der Waals surface area contributed by atoms with Crippen molar-refractivity contribution in [1.29, 1.82) is 0 Å². The van der Waals surface area contributed by atoms with Crippen LogP contribution in [0.3, 0.4) is 0 Å². The lowest BCUT2D eigenvalue weighted by Crippen LogP contribution is -2.12. The monoisotopic (exact) mass is 152 g/mol. The fourth-order valence-corrected chi connectivity index (χ4v) is 0.653. The van der Waals surface area contributed by atoms with Gasteiger partial charge in [0, 0.05) is 6.08 Å². The average Bonchev–Trinajstić information content (AvgIpc) is 1.59. The molecule has 9 heavy (non-hydrogen) atoms. The predicted octanol–water partition coefficient (Wildman–Crippen LogP) is 1.18. The van der Waals surface area contributed by atoms with Gasteiger partial charge in [-0.15, -0.1) is 0 Å². The van der Waals surface area contributed by atoms with Gasteiger partial charge in [0.15, 0.2) is 0 Å². The molecule has 0 bridgehead atoms. The van der Waals surface area contributed by atoms with E-state index in [9.17, 15) is 13.0 Å². The standard InChI is InChI=1S/C4H6F2O2Si/c1-9(5,6)3-2-4(7)8/h2-3H,1H3,(H,7,8). The Labute approximate surface area is 52.2 Å². The first-order chi connectivity index (χ1) is 3.92. The first kappa shape index (κ1) is 8.29. The molecule has 0 aromatic rings. The molecule has 0 atom stereocenters. The van der Waals surface area contributed by atoms with Crippen LogP contribution >= 0.6 is 0 Å². The highest BCUT2D eigenvalue weighted by atomic mass is 28.4. The Morgan fingerprint density at radius 2 is 2.11 bits per heavy atom. The van der Waals surface area contributed by atoms with Crippen molar-refractivity contribution in [3.63, 3.8) is 0 Å². The number of carbonyl (C=O) groups is 1. The lowest BCUT2D eigenvalue weighted by atomic mass is 10.7. The molecule has 5 heteroatoms. The van der Waals surface area contributed by atoms with Gasteiger partial charge < -0.3 is 5.11 Å². The molecule has 0 saturated heterocycles. The van der Waals surface area contributed by atoms with E-state index < -0.39 is 14.7 Å². The van der Waals surface area contributed by atoms with E-state index in [1.807, 2.05) is 0 Å². The van der Waals surface area contributed by atoms with Gasteiger partial charge in [0.2, 0.25) is 0 Å². The van der Waals surface area contributed by atoms with Crippen LogP contribution < -0.4 is 0 Å². The van der Waals surface area contributed by atoms with Gasteiger partial charge in [-0.1, -0.05) is 0 Å². The maximum absolute atomic E-state index is 11.9. The van der Waals surface area contributed by atoms with Crippen molar-refractivity contribution in [1.82, 2.24) is 0 Å². The molecule has 0 rings (SSSR count). The minimum Gasteiger partial charge on any atom is -0.478 e. The molecule has 0 aromatic carbocycles. The molecular formula is C4H6F2O2Si. The molecule has 0 radical (unpaired) electrons. The fourth-order valence-electron chi connectivity index (χ4n) is 0.218. The van der Waals surface area contributed by atoms with Crippen molar-refractivity contribution in [3.8, 4) is 0 Å². The summed E-state index contributed by atoms with van der Waals surface area (Å²) in [6.45, 7) is 0.756. The van der Waals surface area contributed by atoms with E-state index in [1.165, 1.54) is 0 Å². The van der Waals surface area contributed by atoms with Gasteiger partial charge in [0.1, 0.15) is 0 Å². The normalized spacial score (nSPS) is 12.3. The molecule has 0 heterocycles. The Morgan fingerprint density at radius 3 is 2.22 bits per heavy atom. The van der Waals surface area contributed by atoms with Crippen molar-refractivity contribution >= 4 is 14.7 Å². The summed E-state index contributed by atoms with van der Waals surface area (Å²) in [5.74, 6) is -1.33. The molecule has 0 aliphatic rings. The highest BCUT2D eigenvalue weighted by Crippen LogP contribution is 2.05. The van der Waals surface area contributed by atoms with Crippen LogP contribution in [0.25, 0.3) is 0 Å². The van der Waals surface area contributed by atoms with E-state index >= 15 is 0 Å². The molecule has 0 amide bonds. The topological polar surface area (TPSA) is 37.3 Å². The summed E-state index contributed by atoms with van der Waals surface area (Å²) in [5.41, 5.74) is 0.468. The fraction of sp³-hybridized carbons (Fsp3) is 0.250. The Hall–Kier alpha value is -0.713. The van der Waals surface area contributed by atoms with Crippen LogP contribution in [0.15, 0.2) is 11.8 Å². The first-order valence-electron chi connectivity index (χ1n) is 2.22. The van der Waals surface area contributed by atoms with Crippen LogP contribution in [0.4, 0.5) is 8.22 Å². The number of rotatable bonds is 2. The smallest absolute Gasteiger partial charge is 0.445 e. The third kappa shape index (κ3) is 7.29. The summed E-state index contributed by atoms with van der Waals surface area (Å²) in [6.07, 6.45) is 0.478. The second-order valence-corrected chi connectivity index (χ2v) is 3.87. The van der Waals surface area contributed by atoms with Crippen molar-refractivity contribution in [2.45, 2.75) is 6.55 Å². The van der Waals surface area contributed by atoms with Crippen LogP contribution in [0.1, 0.15) is 0 Å². The van der Waals surface area contributed by atoms with Crippen molar-refractivity contribution < 1.29 is 18.1 Å². The van der Waals surface area contributed by atoms with Gasteiger partial charge in [-0.25, -0.2) is 4.79 Å². The number of hydrogen-bond donors (Lipinski definition) is 1. The molecule has 0 aromatic heterocycles. The van der Waals surface area contributed by atoms with Gasteiger partial charge in [0.05, 0.1) is 0 Å². The van der Waals surface area contributed by atoms with Crippen molar-refractivity contribution in [2.75, 3.05) is 0 Å². The van der Waals surface area contributed by atoms with Crippen LogP contribution in [-0.4, -0.2) is 19.8 Å². The number of aliphatic carboxylic acids is 1. The van der Waals surface area contributed by atoms with Gasteiger partial charge >= 0.3 is 14.7 Å². The van der Waals surface area contributed by atoms with E-state index in [1.54, 1.807) is 0 Å². The minimum atomic E-state index is -4.28. The summed E-state index contributed by atoms with van der Waals surface area (Å²) in [6, 6.07) is 0. The number of halogens is 2. The van der Waals surface area contributed by atoms with Crippen LogP contribution in [0, 0.1) is 0 Å². The molecule has 0 unspecified atom stereocenters. The number of carboxylic acids is 1. The predicted molar refractivity (Wildman–Crippen MR) is 30.6 cm³/mol. The van der Waals surface area contributed by atoms with E-state index in [-0.39, 0.29) is 0 Å². The maximum atomic E-state index is 11.9. The molecule has 0 fully saturated rings. The quantitative estimate of drug-likeness (QED) is 0.366. The van der Waals surface area contributed by atoms with E-state index in [2.05, 4.69) is 0 Å². The average molecular weight is 152 g/mol. The summed E-state index contributed by atoms with van der Waals surface area (Å²) in [5, 5.41) is 7.88. The third-order valence-corrected chi connectivity index (χ3v) is 1.27. The SMILES string of the molecule is C[Si](F)(F)C=CC(=O)O. The zero-order valence-electron chi connectivity index (χ0n) is 4.77. The first-order valence-corrected chi connectivity index (χ1v) is 4.55. The Balaban J connectivity index is 3.86. The van der Waals surface area contributed by atoms with Gasteiger partial charge in [0.25, 0.3) is 0 Å². The highest BCUT2D eigenvalue weighted by molar-refractivity contribution is 6.70. The van der Waals surface area contributed by atoms with E-state index in [0.717, 1.165) is 6.55 Å².